The number of nitrogens with zero attached hydrogens (tertiary/aromatic N) is 2. The maximum Gasteiger partial charge on any atom is 0.232 e. The second kappa shape index (κ2) is 4.44. The zero-order valence-corrected chi connectivity index (χ0v) is 10.7. The van der Waals surface area contributed by atoms with Crippen molar-refractivity contribution in [2.24, 2.45) is 0 Å². The van der Waals surface area contributed by atoms with Gasteiger partial charge < -0.3 is 10.5 Å². The van der Waals surface area contributed by atoms with Crippen LogP contribution in [-0.2, 0) is 0 Å². The number of hydrogen-bond acceptors (Lipinski definition) is 5. The van der Waals surface area contributed by atoms with Gasteiger partial charge in [0.25, 0.3) is 0 Å². The van der Waals surface area contributed by atoms with Gasteiger partial charge in [-0.1, -0.05) is 17.7 Å². The van der Waals surface area contributed by atoms with Gasteiger partial charge in [0, 0.05) is 5.02 Å². The Bertz CT molecular complexity index is 713. The van der Waals surface area contributed by atoms with Crippen LogP contribution in [0, 0.1) is 0 Å². The van der Waals surface area contributed by atoms with Gasteiger partial charge in [0.2, 0.25) is 11.8 Å². The summed E-state index contributed by atoms with van der Waals surface area (Å²) in [5.41, 5.74) is 5.65. The molecule has 0 spiro atoms. The molecule has 1 aromatic carbocycles. The number of nitrogen functional groups attached to an aromatic ring is 1. The van der Waals surface area contributed by atoms with Gasteiger partial charge in [0.05, 0.1) is 5.39 Å². The molecule has 0 saturated carbocycles. The van der Waals surface area contributed by atoms with Crippen molar-refractivity contribution in [1.82, 2.24) is 9.97 Å². The minimum Gasteiger partial charge on any atom is -0.438 e. The molecule has 18 heavy (non-hydrogen) atoms. The summed E-state index contributed by atoms with van der Waals surface area (Å²) in [4.78, 5) is 9.05. The first-order valence-electron chi connectivity index (χ1n) is 5.16. The molecule has 3 rings (SSSR count). The fraction of sp³-hybridized carbons (Fsp3) is 0. The second-order valence-corrected chi connectivity index (χ2v) is 4.92. The van der Waals surface area contributed by atoms with Crippen LogP contribution in [0.15, 0.2) is 35.7 Å². The van der Waals surface area contributed by atoms with Crippen LogP contribution in [0.25, 0.3) is 10.2 Å². The Hall–Kier alpha value is -1.85. The Morgan fingerprint density at radius 2 is 2.11 bits per heavy atom. The first-order valence-corrected chi connectivity index (χ1v) is 6.42. The highest BCUT2D eigenvalue weighted by Gasteiger charge is 2.09. The van der Waals surface area contributed by atoms with Gasteiger partial charge in [-0.3, -0.25) is 0 Å². The van der Waals surface area contributed by atoms with Crippen molar-refractivity contribution in [1.29, 1.82) is 0 Å². The minimum absolute atomic E-state index is 0.196. The van der Waals surface area contributed by atoms with E-state index in [1.807, 2.05) is 23.6 Å². The molecule has 2 N–H and O–H groups in total. The number of rotatable bonds is 2. The van der Waals surface area contributed by atoms with Crippen LogP contribution >= 0.6 is 22.9 Å². The molecule has 4 nitrogen and oxygen atoms in total. The molecule has 6 heteroatoms. The quantitative estimate of drug-likeness (QED) is 0.775. The molecule has 0 radical (unpaired) electrons. The van der Waals surface area contributed by atoms with Crippen molar-refractivity contribution in [3.05, 3.63) is 40.7 Å². The Kier molecular flexibility index (Phi) is 2.77. The predicted octanol–water partition coefficient (Wildman–Crippen LogP) is 3.72. The van der Waals surface area contributed by atoms with Gasteiger partial charge in [-0.15, -0.1) is 11.3 Å². The Balaban J connectivity index is 2.06. The van der Waals surface area contributed by atoms with Crippen LogP contribution in [0.5, 0.6) is 11.6 Å². The molecular formula is C12H8ClN3OS. The van der Waals surface area contributed by atoms with Crippen molar-refractivity contribution >= 4 is 39.1 Å². The maximum atomic E-state index is 5.90. The SMILES string of the molecule is Nc1nc(Oc2cccc(Cl)c2)c2ccsc2n1. The standard InChI is InChI=1S/C12H8ClN3OS/c13-7-2-1-3-8(6-7)17-10-9-4-5-18-11(9)16-12(14)15-10/h1-6H,(H2,14,15,16). The van der Waals surface area contributed by atoms with Crippen molar-refractivity contribution in [3.63, 3.8) is 0 Å². The lowest BCUT2D eigenvalue weighted by Gasteiger charge is -2.06. The molecule has 0 atom stereocenters. The van der Waals surface area contributed by atoms with Crippen LogP contribution in [-0.4, -0.2) is 9.97 Å². The Labute approximate surface area is 112 Å². The van der Waals surface area contributed by atoms with E-state index in [9.17, 15) is 0 Å². The largest absolute Gasteiger partial charge is 0.438 e. The lowest BCUT2D eigenvalue weighted by molar-refractivity contribution is 0.469. The van der Waals surface area contributed by atoms with E-state index in [1.54, 1.807) is 12.1 Å². The summed E-state index contributed by atoms with van der Waals surface area (Å²) in [6, 6.07) is 9.02. The number of aromatic nitrogens is 2. The van der Waals surface area contributed by atoms with Crippen LogP contribution in [0.2, 0.25) is 5.02 Å². The van der Waals surface area contributed by atoms with E-state index < -0.39 is 0 Å². The highest BCUT2D eigenvalue weighted by atomic mass is 35.5. The third-order valence-corrected chi connectivity index (χ3v) is 3.36. The Morgan fingerprint density at radius 1 is 1.22 bits per heavy atom. The van der Waals surface area contributed by atoms with Crippen molar-refractivity contribution in [2.45, 2.75) is 0 Å². The molecule has 3 aromatic rings. The average molecular weight is 278 g/mol. The van der Waals surface area contributed by atoms with E-state index in [2.05, 4.69) is 9.97 Å². The predicted molar refractivity (Wildman–Crippen MR) is 73.4 cm³/mol. The molecule has 2 aromatic heterocycles. The first-order chi connectivity index (χ1) is 8.72. The van der Waals surface area contributed by atoms with Gasteiger partial charge in [0.1, 0.15) is 10.6 Å². The summed E-state index contributed by atoms with van der Waals surface area (Å²) >= 11 is 7.40. The minimum atomic E-state index is 0.196. The molecule has 0 bridgehead atoms. The zero-order valence-electron chi connectivity index (χ0n) is 9.13. The molecule has 2 heterocycles. The van der Waals surface area contributed by atoms with E-state index in [0.29, 0.717) is 16.7 Å². The highest BCUT2D eigenvalue weighted by Crippen LogP contribution is 2.31. The van der Waals surface area contributed by atoms with Gasteiger partial charge in [-0.05, 0) is 29.6 Å². The average Bonchev–Trinajstić information content (AvgIpc) is 2.77. The number of anilines is 1. The molecule has 0 fully saturated rings. The molecule has 0 aliphatic rings. The molecule has 0 aliphatic carbocycles. The third kappa shape index (κ3) is 2.10. The second-order valence-electron chi connectivity index (χ2n) is 3.59. The fourth-order valence-electron chi connectivity index (χ4n) is 1.56. The summed E-state index contributed by atoms with van der Waals surface area (Å²) in [6.45, 7) is 0. The summed E-state index contributed by atoms with van der Waals surface area (Å²) < 4.78 is 5.70. The van der Waals surface area contributed by atoms with E-state index in [4.69, 9.17) is 22.1 Å². The lowest BCUT2D eigenvalue weighted by atomic mass is 10.3. The van der Waals surface area contributed by atoms with E-state index in [1.165, 1.54) is 11.3 Å². The number of thiophene rings is 1. The summed E-state index contributed by atoms with van der Waals surface area (Å²) in [7, 11) is 0. The third-order valence-electron chi connectivity index (χ3n) is 2.32. The van der Waals surface area contributed by atoms with E-state index in [-0.39, 0.29) is 5.95 Å². The summed E-state index contributed by atoms with van der Waals surface area (Å²) in [6.07, 6.45) is 0. The molecule has 0 aliphatic heterocycles. The summed E-state index contributed by atoms with van der Waals surface area (Å²) in [5, 5.41) is 3.37. The smallest absolute Gasteiger partial charge is 0.232 e. The van der Waals surface area contributed by atoms with Crippen molar-refractivity contribution in [3.8, 4) is 11.6 Å². The maximum absolute atomic E-state index is 5.90. The van der Waals surface area contributed by atoms with Gasteiger partial charge >= 0.3 is 0 Å². The normalized spacial score (nSPS) is 10.7. The van der Waals surface area contributed by atoms with Gasteiger partial charge in [-0.2, -0.15) is 4.98 Å². The Morgan fingerprint density at radius 3 is 2.94 bits per heavy atom. The zero-order chi connectivity index (χ0) is 12.5. The number of benzene rings is 1. The van der Waals surface area contributed by atoms with E-state index >= 15 is 0 Å². The molecular weight excluding hydrogens is 270 g/mol. The number of fused-ring (bicyclic) bond motifs is 1. The van der Waals surface area contributed by atoms with Crippen LogP contribution < -0.4 is 10.5 Å². The first kappa shape index (κ1) is 11.3. The van der Waals surface area contributed by atoms with Gasteiger partial charge in [-0.25, -0.2) is 4.98 Å². The monoisotopic (exact) mass is 277 g/mol. The summed E-state index contributed by atoms with van der Waals surface area (Å²) in [5.74, 6) is 1.26. The molecule has 90 valence electrons. The van der Waals surface area contributed by atoms with Crippen molar-refractivity contribution < 1.29 is 4.74 Å². The molecule has 0 unspecified atom stereocenters. The van der Waals surface area contributed by atoms with Crippen LogP contribution in [0.3, 0.4) is 0 Å². The van der Waals surface area contributed by atoms with Gasteiger partial charge in [0.15, 0.2) is 0 Å². The van der Waals surface area contributed by atoms with Crippen LogP contribution in [0.4, 0.5) is 5.95 Å². The number of ether oxygens (including phenoxy) is 1. The number of halogens is 1. The van der Waals surface area contributed by atoms with Crippen molar-refractivity contribution in [2.75, 3.05) is 5.73 Å². The number of nitrogens with two attached hydrogens (primary N) is 1. The van der Waals surface area contributed by atoms with Crippen LogP contribution in [0.1, 0.15) is 0 Å². The molecule has 0 amide bonds. The fourth-order valence-corrected chi connectivity index (χ4v) is 2.51. The number of hydrogen-bond donors (Lipinski definition) is 1. The molecule has 0 saturated heterocycles. The van der Waals surface area contributed by atoms with E-state index in [0.717, 1.165) is 10.2 Å². The topological polar surface area (TPSA) is 61.0 Å². The highest BCUT2D eigenvalue weighted by molar-refractivity contribution is 7.16. The lowest BCUT2D eigenvalue weighted by Crippen LogP contribution is -1.97.